The monoisotopic (exact) mass is 125 g/mol. The second-order valence-electron chi connectivity index (χ2n) is 3.39. The van der Waals surface area contributed by atoms with Crippen LogP contribution in [0.3, 0.4) is 0 Å². The Balaban J connectivity index is 1.82. The summed E-state index contributed by atoms with van der Waals surface area (Å²) >= 11 is 0. The van der Waals surface area contributed by atoms with E-state index >= 15 is 0 Å². The van der Waals surface area contributed by atoms with Crippen molar-refractivity contribution in [2.75, 3.05) is 6.54 Å². The fraction of sp³-hybridized carbons (Fsp3) is 1.00. The summed E-state index contributed by atoms with van der Waals surface area (Å²) in [7, 11) is 0. The molecule has 1 nitrogen and oxygen atoms in total. The van der Waals surface area contributed by atoms with E-state index in [1.807, 2.05) is 0 Å². The van der Waals surface area contributed by atoms with Crippen molar-refractivity contribution in [1.29, 1.82) is 0 Å². The molecule has 1 aliphatic heterocycles. The highest BCUT2D eigenvalue weighted by Crippen LogP contribution is 2.30. The summed E-state index contributed by atoms with van der Waals surface area (Å²) < 4.78 is 0. The van der Waals surface area contributed by atoms with Gasteiger partial charge in [0.15, 0.2) is 0 Å². The fourth-order valence-electron chi connectivity index (χ4n) is 2.07. The quantitative estimate of drug-likeness (QED) is 0.560. The van der Waals surface area contributed by atoms with Crippen LogP contribution in [0.5, 0.6) is 0 Å². The van der Waals surface area contributed by atoms with Crippen LogP contribution in [0.2, 0.25) is 0 Å². The summed E-state index contributed by atoms with van der Waals surface area (Å²) in [5.74, 6) is 1.05. The predicted molar refractivity (Wildman–Crippen MR) is 38.4 cm³/mol. The average Bonchev–Trinajstić information content (AvgIpc) is 2.11. The molecule has 2 aliphatic rings. The van der Waals surface area contributed by atoms with Crippen LogP contribution >= 0.6 is 0 Å². The maximum Gasteiger partial charge on any atom is 0.0107 e. The highest BCUT2D eigenvalue weighted by molar-refractivity contribution is 4.86. The zero-order chi connectivity index (χ0) is 6.10. The molecule has 0 spiro atoms. The summed E-state index contributed by atoms with van der Waals surface area (Å²) in [6.07, 6.45) is 7.42. The minimum Gasteiger partial charge on any atom is -0.314 e. The lowest BCUT2D eigenvalue weighted by Crippen LogP contribution is -2.47. The van der Waals surface area contributed by atoms with Gasteiger partial charge >= 0.3 is 0 Å². The third-order valence-electron chi connectivity index (χ3n) is 2.83. The molecular weight excluding hydrogens is 110 g/mol. The molecule has 0 aromatic carbocycles. The first kappa shape index (κ1) is 5.72. The summed E-state index contributed by atoms with van der Waals surface area (Å²) in [6.45, 7) is 1.28. The standard InChI is InChI=1S/C8H15N/c1-2-4-7(3-1)8-5-6-9-8/h7-9H,1-6H2/t8-/m0/s1. The van der Waals surface area contributed by atoms with E-state index in [2.05, 4.69) is 5.32 Å². The predicted octanol–water partition coefficient (Wildman–Crippen LogP) is 1.54. The van der Waals surface area contributed by atoms with Gasteiger partial charge in [0, 0.05) is 6.04 Å². The maximum absolute atomic E-state index is 3.49. The van der Waals surface area contributed by atoms with E-state index in [0.29, 0.717) is 0 Å². The van der Waals surface area contributed by atoms with Crippen LogP contribution in [0.4, 0.5) is 0 Å². The van der Waals surface area contributed by atoms with E-state index in [1.54, 1.807) is 0 Å². The second kappa shape index (κ2) is 2.30. The smallest absolute Gasteiger partial charge is 0.0107 e. The molecule has 0 aromatic heterocycles. The largest absolute Gasteiger partial charge is 0.314 e. The number of rotatable bonds is 1. The number of nitrogens with one attached hydrogen (secondary N) is 1. The summed E-state index contributed by atoms with van der Waals surface area (Å²) in [6, 6.07) is 0.924. The topological polar surface area (TPSA) is 12.0 Å². The molecule has 0 amide bonds. The average molecular weight is 125 g/mol. The Morgan fingerprint density at radius 2 is 1.67 bits per heavy atom. The molecule has 1 heterocycles. The molecule has 1 saturated heterocycles. The number of hydrogen-bond acceptors (Lipinski definition) is 1. The van der Waals surface area contributed by atoms with Gasteiger partial charge in [0.05, 0.1) is 0 Å². The van der Waals surface area contributed by atoms with Gasteiger partial charge in [-0.2, -0.15) is 0 Å². The Bertz CT molecular complexity index is 90.7. The lowest BCUT2D eigenvalue weighted by Gasteiger charge is -2.32. The normalized spacial score (nSPS) is 36.7. The molecule has 1 heteroatoms. The Labute approximate surface area is 56.8 Å². The van der Waals surface area contributed by atoms with Crippen molar-refractivity contribution in [3.8, 4) is 0 Å². The molecule has 0 bridgehead atoms. The van der Waals surface area contributed by atoms with Crippen molar-refractivity contribution < 1.29 is 0 Å². The molecular formula is C8H15N. The van der Waals surface area contributed by atoms with Gasteiger partial charge in [0.25, 0.3) is 0 Å². The SMILES string of the molecule is C1CCC([C@@H]2CCN2)C1. The first-order valence-corrected chi connectivity index (χ1v) is 4.20. The van der Waals surface area contributed by atoms with Gasteiger partial charge in [-0.15, -0.1) is 0 Å². The van der Waals surface area contributed by atoms with Crippen LogP contribution in [-0.2, 0) is 0 Å². The van der Waals surface area contributed by atoms with Crippen molar-refractivity contribution in [1.82, 2.24) is 5.32 Å². The van der Waals surface area contributed by atoms with Crippen LogP contribution in [0.25, 0.3) is 0 Å². The maximum atomic E-state index is 3.49. The summed E-state index contributed by atoms with van der Waals surface area (Å²) in [5, 5.41) is 3.49. The summed E-state index contributed by atoms with van der Waals surface area (Å²) in [4.78, 5) is 0. The molecule has 1 saturated carbocycles. The Morgan fingerprint density at radius 3 is 2.11 bits per heavy atom. The van der Waals surface area contributed by atoms with Crippen molar-refractivity contribution in [3.63, 3.8) is 0 Å². The van der Waals surface area contributed by atoms with Crippen LogP contribution in [0, 0.1) is 5.92 Å². The first-order chi connectivity index (χ1) is 4.47. The summed E-state index contributed by atoms with van der Waals surface area (Å²) in [5.41, 5.74) is 0. The van der Waals surface area contributed by atoms with Gasteiger partial charge in [-0.3, -0.25) is 0 Å². The van der Waals surface area contributed by atoms with Crippen molar-refractivity contribution in [2.45, 2.75) is 38.1 Å². The van der Waals surface area contributed by atoms with Crippen molar-refractivity contribution >= 4 is 0 Å². The molecule has 1 aliphatic carbocycles. The van der Waals surface area contributed by atoms with Gasteiger partial charge in [0.2, 0.25) is 0 Å². The van der Waals surface area contributed by atoms with Gasteiger partial charge in [-0.05, 0) is 31.7 Å². The highest BCUT2D eigenvalue weighted by Gasteiger charge is 2.28. The van der Waals surface area contributed by atoms with Crippen LogP contribution in [-0.4, -0.2) is 12.6 Å². The van der Waals surface area contributed by atoms with E-state index in [0.717, 1.165) is 12.0 Å². The van der Waals surface area contributed by atoms with Gasteiger partial charge in [-0.1, -0.05) is 12.8 Å². The zero-order valence-electron chi connectivity index (χ0n) is 5.90. The van der Waals surface area contributed by atoms with E-state index in [-0.39, 0.29) is 0 Å². The van der Waals surface area contributed by atoms with Crippen LogP contribution in [0.1, 0.15) is 32.1 Å². The highest BCUT2D eigenvalue weighted by atomic mass is 15.0. The third kappa shape index (κ3) is 0.983. The molecule has 9 heavy (non-hydrogen) atoms. The van der Waals surface area contributed by atoms with E-state index in [4.69, 9.17) is 0 Å². The minimum atomic E-state index is 0.924. The minimum absolute atomic E-state index is 0.924. The Hall–Kier alpha value is -0.0400. The molecule has 0 aromatic rings. The van der Waals surface area contributed by atoms with Crippen molar-refractivity contribution in [3.05, 3.63) is 0 Å². The molecule has 2 rings (SSSR count). The Kier molecular flexibility index (Phi) is 1.46. The molecule has 1 N–H and O–H groups in total. The van der Waals surface area contributed by atoms with E-state index in [1.165, 1.54) is 38.6 Å². The van der Waals surface area contributed by atoms with E-state index in [9.17, 15) is 0 Å². The van der Waals surface area contributed by atoms with Crippen LogP contribution in [0.15, 0.2) is 0 Å². The number of hydrogen-bond donors (Lipinski definition) is 1. The van der Waals surface area contributed by atoms with E-state index < -0.39 is 0 Å². The molecule has 0 radical (unpaired) electrons. The molecule has 0 unspecified atom stereocenters. The fourth-order valence-corrected chi connectivity index (χ4v) is 2.07. The second-order valence-corrected chi connectivity index (χ2v) is 3.39. The van der Waals surface area contributed by atoms with Gasteiger partial charge in [-0.25, -0.2) is 0 Å². The lowest BCUT2D eigenvalue weighted by molar-refractivity contribution is 0.264. The Morgan fingerprint density at radius 1 is 1.00 bits per heavy atom. The van der Waals surface area contributed by atoms with Gasteiger partial charge in [0.1, 0.15) is 0 Å². The van der Waals surface area contributed by atoms with Gasteiger partial charge < -0.3 is 5.32 Å². The van der Waals surface area contributed by atoms with Crippen molar-refractivity contribution in [2.24, 2.45) is 5.92 Å². The van der Waals surface area contributed by atoms with Crippen LogP contribution < -0.4 is 5.32 Å². The third-order valence-corrected chi connectivity index (χ3v) is 2.83. The first-order valence-electron chi connectivity index (χ1n) is 4.20. The lowest BCUT2D eigenvalue weighted by atomic mass is 9.91. The molecule has 1 atom stereocenters. The molecule has 2 fully saturated rings. The molecule has 52 valence electrons. The zero-order valence-corrected chi connectivity index (χ0v) is 5.90.